The maximum absolute atomic E-state index is 14.3. The second-order valence-electron chi connectivity index (χ2n) is 9.91. The fourth-order valence-corrected chi connectivity index (χ4v) is 6.67. The van der Waals surface area contributed by atoms with Crippen LogP contribution in [0.15, 0.2) is 36.9 Å². The van der Waals surface area contributed by atoms with Crippen molar-refractivity contribution in [2.75, 3.05) is 26.3 Å². The van der Waals surface area contributed by atoms with E-state index in [0.29, 0.717) is 24.8 Å². The van der Waals surface area contributed by atoms with Crippen molar-refractivity contribution in [1.29, 1.82) is 0 Å². The zero-order valence-electron chi connectivity index (χ0n) is 21.2. The summed E-state index contributed by atoms with van der Waals surface area (Å²) in [5.41, 5.74) is -0.576. The average Bonchev–Trinajstić information content (AvgIpc) is 3.62. The monoisotopic (exact) mass is 511 g/mol. The molecule has 2 unspecified atom stereocenters. The predicted octanol–water partition coefficient (Wildman–Crippen LogP) is 1.11. The first kappa shape index (κ1) is 25.3. The van der Waals surface area contributed by atoms with Crippen LogP contribution in [0.2, 0.25) is 0 Å². The zero-order chi connectivity index (χ0) is 26.4. The number of amides is 2. The molecule has 198 valence electrons. The number of benzene rings is 1. The number of carbonyl (C=O) groups excluding carboxylic acids is 3. The van der Waals surface area contributed by atoms with Crippen LogP contribution in [0.1, 0.15) is 33.1 Å². The highest BCUT2D eigenvalue weighted by Crippen LogP contribution is 2.64. The molecule has 3 fully saturated rings. The Morgan fingerprint density at radius 2 is 2.11 bits per heavy atom. The summed E-state index contributed by atoms with van der Waals surface area (Å²) in [4.78, 5) is 44.2. The van der Waals surface area contributed by atoms with Crippen LogP contribution in [-0.4, -0.2) is 91.2 Å². The van der Waals surface area contributed by atoms with Crippen molar-refractivity contribution in [2.45, 2.75) is 57.0 Å². The second kappa shape index (κ2) is 9.53. The number of β-amino-alcohol motifs (C(OH)–C–C–N with tert-alkyl or cyclic N) is 1. The minimum Gasteiger partial charge on any atom is -0.466 e. The second-order valence-corrected chi connectivity index (χ2v) is 9.91. The Bertz CT molecular complexity index is 1230. The highest BCUT2D eigenvalue weighted by Gasteiger charge is 2.79. The summed E-state index contributed by atoms with van der Waals surface area (Å²) >= 11 is 0. The molecule has 37 heavy (non-hydrogen) atoms. The third-order valence-electron chi connectivity index (χ3n) is 8.18. The van der Waals surface area contributed by atoms with Crippen LogP contribution in [0.4, 0.5) is 0 Å². The van der Waals surface area contributed by atoms with Gasteiger partial charge in [0.25, 0.3) is 0 Å². The van der Waals surface area contributed by atoms with Crippen LogP contribution in [0.25, 0.3) is 11.0 Å². The van der Waals surface area contributed by atoms with Gasteiger partial charge in [-0.1, -0.05) is 30.3 Å². The number of esters is 1. The van der Waals surface area contributed by atoms with Gasteiger partial charge in [-0.25, -0.2) is 4.68 Å². The largest absolute Gasteiger partial charge is 0.466 e. The number of likely N-dealkylation sites (tertiary alicyclic amines) is 1. The molecule has 4 heterocycles. The summed E-state index contributed by atoms with van der Waals surface area (Å²) in [6, 6.07) is 6.44. The average molecular weight is 512 g/mol. The number of aromatic nitrogens is 3. The van der Waals surface area contributed by atoms with Gasteiger partial charge in [-0.15, -0.1) is 11.7 Å². The van der Waals surface area contributed by atoms with Crippen molar-refractivity contribution in [2.24, 2.45) is 11.8 Å². The minimum absolute atomic E-state index is 0.0420. The summed E-state index contributed by atoms with van der Waals surface area (Å²) in [5, 5.41) is 18.2. The number of hydrogen-bond donors (Lipinski definition) is 1. The van der Waals surface area contributed by atoms with E-state index in [4.69, 9.17) is 9.47 Å². The summed E-state index contributed by atoms with van der Waals surface area (Å²) in [6.07, 6.45) is 3.13. The van der Waals surface area contributed by atoms with Crippen molar-refractivity contribution in [3.63, 3.8) is 0 Å². The van der Waals surface area contributed by atoms with Gasteiger partial charge in [0.05, 0.1) is 30.2 Å². The van der Waals surface area contributed by atoms with Crippen LogP contribution in [0.5, 0.6) is 0 Å². The van der Waals surface area contributed by atoms with Crippen LogP contribution in [-0.2, 0) is 30.5 Å². The molecule has 3 aliphatic heterocycles. The molecule has 3 saturated heterocycles. The van der Waals surface area contributed by atoms with Gasteiger partial charge in [-0.2, -0.15) is 0 Å². The van der Waals surface area contributed by atoms with Crippen molar-refractivity contribution < 1.29 is 29.0 Å². The van der Waals surface area contributed by atoms with E-state index in [9.17, 15) is 19.5 Å². The normalized spacial score (nSPS) is 30.1. The first-order valence-corrected chi connectivity index (χ1v) is 12.8. The molecule has 3 aliphatic rings. The Balaban J connectivity index is 1.54. The van der Waals surface area contributed by atoms with Gasteiger partial charge in [0.1, 0.15) is 29.7 Å². The number of hydrogen-bond acceptors (Lipinski definition) is 8. The highest BCUT2D eigenvalue weighted by molar-refractivity contribution is 5.98. The van der Waals surface area contributed by atoms with Crippen molar-refractivity contribution in [3.05, 3.63) is 36.9 Å². The predicted molar refractivity (Wildman–Crippen MR) is 132 cm³/mol. The van der Waals surface area contributed by atoms with Crippen molar-refractivity contribution >= 4 is 28.8 Å². The summed E-state index contributed by atoms with van der Waals surface area (Å²) in [6.45, 7) is 7.57. The van der Waals surface area contributed by atoms with E-state index in [1.165, 1.54) is 4.90 Å². The Morgan fingerprint density at radius 3 is 2.81 bits per heavy atom. The fraction of sp³-hybridized carbons (Fsp3) is 0.577. The molecule has 2 aromatic rings. The number of aliphatic hydroxyl groups is 1. The van der Waals surface area contributed by atoms with Crippen LogP contribution >= 0.6 is 0 Å². The van der Waals surface area contributed by atoms with Gasteiger partial charge in [0, 0.05) is 13.1 Å². The van der Waals surface area contributed by atoms with Crippen LogP contribution in [0.3, 0.4) is 0 Å². The number of rotatable bonds is 10. The molecule has 0 aliphatic carbocycles. The summed E-state index contributed by atoms with van der Waals surface area (Å²) < 4.78 is 13.7. The summed E-state index contributed by atoms with van der Waals surface area (Å²) in [7, 11) is 0. The molecule has 5 rings (SSSR count). The molecule has 5 atom stereocenters. The van der Waals surface area contributed by atoms with Gasteiger partial charge in [-0.05, 0) is 38.3 Å². The number of aliphatic hydroxyl groups excluding tert-OH is 1. The third kappa shape index (κ3) is 3.66. The van der Waals surface area contributed by atoms with E-state index < -0.39 is 35.0 Å². The first-order chi connectivity index (χ1) is 17.9. The molecule has 11 nitrogen and oxygen atoms in total. The highest BCUT2D eigenvalue weighted by atomic mass is 16.6. The third-order valence-corrected chi connectivity index (χ3v) is 8.18. The minimum atomic E-state index is -1.18. The Labute approximate surface area is 215 Å². The van der Waals surface area contributed by atoms with Gasteiger partial charge in [0.2, 0.25) is 11.8 Å². The van der Waals surface area contributed by atoms with E-state index in [0.717, 1.165) is 5.52 Å². The van der Waals surface area contributed by atoms with Gasteiger partial charge in [-0.3, -0.25) is 14.4 Å². The van der Waals surface area contributed by atoms with Crippen LogP contribution < -0.4 is 0 Å². The Kier molecular flexibility index (Phi) is 6.53. The number of nitrogens with zero attached hydrogens (tertiary/aromatic N) is 5. The maximum Gasteiger partial charge on any atom is 0.312 e. The fourth-order valence-electron chi connectivity index (χ4n) is 6.67. The lowest BCUT2D eigenvalue weighted by Crippen LogP contribution is -2.56. The van der Waals surface area contributed by atoms with Gasteiger partial charge >= 0.3 is 5.97 Å². The molecule has 1 aromatic carbocycles. The lowest BCUT2D eigenvalue weighted by molar-refractivity contribution is -0.162. The Morgan fingerprint density at radius 1 is 1.32 bits per heavy atom. The molecule has 1 aromatic heterocycles. The van der Waals surface area contributed by atoms with Gasteiger partial charge < -0.3 is 24.4 Å². The van der Waals surface area contributed by atoms with E-state index in [1.54, 1.807) is 22.6 Å². The molecule has 1 N–H and O–H groups in total. The maximum atomic E-state index is 14.3. The quantitative estimate of drug-likeness (QED) is 0.371. The lowest BCUT2D eigenvalue weighted by atomic mass is 9.65. The molecule has 0 radical (unpaired) electrons. The zero-order valence-corrected chi connectivity index (χ0v) is 21.2. The van der Waals surface area contributed by atoms with E-state index in [2.05, 4.69) is 16.9 Å². The molecule has 0 saturated carbocycles. The standard InChI is InChI=1S/C26H33N5O6/c1-4-13-29(16-31-18-10-8-7-9-17(18)27-28-31)23(34)21-26-12-11-25(5-2,37-26)20(24(35)36-6-3)19(26)22(33)30(21)14-15-32/h4,7-10,19-21,32H,1,5-6,11-16H2,2-3H3/t19-,20+,21?,25-,26?/m0/s1. The molecule has 2 bridgehead atoms. The Hall–Kier alpha value is -3.31. The topological polar surface area (TPSA) is 127 Å². The van der Waals surface area contributed by atoms with E-state index in [1.807, 2.05) is 31.2 Å². The van der Waals surface area contributed by atoms with Gasteiger partial charge in [0.15, 0.2) is 0 Å². The van der Waals surface area contributed by atoms with E-state index in [-0.39, 0.29) is 44.8 Å². The first-order valence-electron chi connectivity index (χ1n) is 12.8. The number of fused-ring (bicyclic) bond motifs is 2. The molecular formula is C26H33N5O6. The number of carbonyl (C=O) groups is 3. The van der Waals surface area contributed by atoms with E-state index >= 15 is 0 Å². The summed E-state index contributed by atoms with van der Waals surface area (Å²) in [5.74, 6) is -2.83. The number of para-hydroxylation sites is 1. The lowest BCUT2D eigenvalue weighted by Gasteiger charge is -2.36. The molecule has 11 heteroatoms. The number of ether oxygens (including phenoxy) is 2. The van der Waals surface area contributed by atoms with Crippen molar-refractivity contribution in [1.82, 2.24) is 24.8 Å². The van der Waals surface area contributed by atoms with Crippen LogP contribution in [0, 0.1) is 11.8 Å². The molecule has 1 spiro atoms. The smallest absolute Gasteiger partial charge is 0.312 e. The van der Waals surface area contributed by atoms with Crippen molar-refractivity contribution in [3.8, 4) is 0 Å². The molecular weight excluding hydrogens is 478 g/mol. The molecule has 2 amide bonds. The SMILES string of the molecule is C=CCN(Cn1nnc2ccccc21)C(=O)C1N(CCO)C(=O)[C@@H]2[C@H](C(=O)OCC)[C@]3(CC)CCC12O3.